The van der Waals surface area contributed by atoms with E-state index in [4.69, 9.17) is 4.74 Å². The van der Waals surface area contributed by atoms with E-state index < -0.39 is 0 Å². The molecule has 0 N–H and O–H groups in total. The van der Waals surface area contributed by atoms with E-state index in [1.165, 1.54) is 0 Å². The first-order chi connectivity index (χ1) is 15.7. The van der Waals surface area contributed by atoms with Crippen LogP contribution in [0.2, 0.25) is 0 Å². The van der Waals surface area contributed by atoms with Gasteiger partial charge < -0.3 is 14.5 Å². The zero-order chi connectivity index (χ0) is 21.9. The molecule has 164 valence electrons. The molecule has 7 heteroatoms. The molecule has 3 aromatic rings. The zero-order valence-corrected chi connectivity index (χ0v) is 17.9. The molecule has 2 aliphatic heterocycles. The Morgan fingerprint density at radius 1 is 0.969 bits per heavy atom. The molecule has 2 aromatic carbocycles. The Hall–Kier alpha value is -3.48. The molecule has 0 aliphatic carbocycles. The lowest BCUT2D eigenvalue weighted by Crippen LogP contribution is -2.38. The smallest absolute Gasteiger partial charge is 0.338 e. The summed E-state index contributed by atoms with van der Waals surface area (Å²) >= 11 is 0. The molecule has 32 heavy (non-hydrogen) atoms. The highest BCUT2D eigenvalue weighted by Crippen LogP contribution is 2.27. The van der Waals surface area contributed by atoms with E-state index in [2.05, 4.69) is 21.2 Å². The van der Waals surface area contributed by atoms with E-state index in [0.717, 1.165) is 67.6 Å². The topological polar surface area (TPSA) is 75.6 Å². The van der Waals surface area contributed by atoms with Crippen molar-refractivity contribution in [1.29, 1.82) is 0 Å². The van der Waals surface area contributed by atoms with Crippen LogP contribution in [0.4, 0.5) is 11.5 Å². The summed E-state index contributed by atoms with van der Waals surface area (Å²) in [6.07, 6.45) is 5.70. The van der Waals surface area contributed by atoms with Gasteiger partial charge in [-0.05, 0) is 37.1 Å². The van der Waals surface area contributed by atoms with E-state index >= 15 is 0 Å². The van der Waals surface area contributed by atoms with Gasteiger partial charge in [-0.15, -0.1) is 5.10 Å². The number of benzene rings is 2. The molecule has 0 bridgehead atoms. The Balaban J connectivity index is 1.19. The molecule has 7 nitrogen and oxygen atoms in total. The van der Waals surface area contributed by atoms with Crippen molar-refractivity contribution in [3.05, 3.63) is 60.3 Å². The average Bonchev–Trinajstić information content (AvgIpc) is 2.85. The van der Waals surface area contributed by atoms with Crippen molar-refractivity contribution < 1.29 is 14.3 Å². The number of hydrogen-bond acceptors (Lipinski definition) is 6. The number of carbonyl (C=O) groups is 2. The average molecular weight is 431 g/mol. The maximum absolute atomic E-state index is 12.7. The van der Waals surface area contributed by atoms with Gasteiger partial charge in [0.2, 0.25) is 5.91 Å². The zero-order valence-electron chi connectivity index (χ0n) is 17.9. The Bertz CT molecular complexity index is 1120. The number of amides is 1. The van der Waals surface area contributed by atoms with E-state index in [0.29, 0.717) is 12.0 Å². The molecule has 0 unspecified atom stereocenters. The fourth-order valence-electron chi connectivity index (χ4n) is 4.51. The molecule has 0 saturated carbocycles. The first kappa shape index (κ1) is 20.4. The van der Waals surface area contributed by atoms with Crippen LogP contribution in [0.1, 0.15) is 42.5 Å². The van der Waals surface area contributed by atoms with E-state index in [9.17, 15) is 9.59 Å². The van der Waals surface area contributed by atoms with Crippen LogP contribution in [0, 0.1) is 0 Å². The van der Waals surface area contributed by atoms with Crippen molar-refractivity contribution in [3.8, 4) is 0 Å². The summed E-state index contributed by atoms with van der Waals surface area (Å²) in [7, 11) is 0. The maximum atomic E-state index is 12.7. The van der Waals surface area contributed by atoms with Gasteiger partial charge in [0.15, 0.2) is 5.82 Å². The van der Waals surface area contributed by atoms with Gasteiger partial charge >= 0.3 is 5.97 Å². The summed E-state index contributed by atoms with van der Waals surface area (Å²) in [6.45, 7) is 2.26. The van der Waals surface area contributed by atoms with Crippen molar-refractivity contribution in [2.75, 3.05) is 29.4 Å². The SMILES string of the molecule is O=C(OC1CCN(c2nncc3ccccc23)CC1)c1ccc(N2CCCCC2=O)cc1. The summed E-state index contributed by atoms with van der Waals surface area (Å²) in [5.74, 6) is 0.717. The van der Waals surface area contributed by atoms with Crippen LogP contribution >= 0.6 is 0 Å². The van der Waals surface area contributed by atoms with Crippen LogP contribution in [0.5, 0.6) is 0 Å². The fourth-order valence-corrected chi connectivity index (χ4v) is 4.51. The van der Waals surface area contributed by atoms with Gasteiger partial charge in [-0.2, -0.15) is 5.10 Å². The highest BCUT2D eigenvalue weighted by Gasteiger charge is 2.25. The van der Waals surface area contributed by atoms with Gasteiger partial charge in [-0.1, -0.05) is 24.3 Å². The number of nitrogens with zero attached hydrogens (tertiary/aromatic N) is 4. The molecular weight excluding hydrogens is 404 g/mol. The summed E-state index contributed by atoms with van der Waals surface area (Å²) < 4.78 is 5.77. The van der Waals surface area contributed by atoms with Crippen LogP contribution < -0.4 is 9.80 Å². The highest BCUT2D eigenvalue weighted by molar-refractivity contribution is 5.95. The standard InChI is InChI=1S/C25H26N4O3/c30-23-7-3-4-14-29(23)20-10-8-18(9-11-20)25(31)32-21-12-15-28(16-13-21)24-22-6-2-1-5-19(22)17-26-27-24/h1-2,5-6,8-11,17,21H,3-4,7,12-16H2. The fraction of sp³-hybridized carbons (Fsp3) is 0.360. The number of carbonyl (C=O) groups excluding carboxylic acids is 2. The van der Waals surface area contributed by atoms with Crippen molar-refractivity contribution in [2.45, 2.75) is 38.2 Å². The van der Waals surface area contributed by atoms with E-state index in [1.54, 1.807) is 23.2 Å². The predicted molar refractivity (Wildman–Crippen MR) is 123 cm³/mol. The Morgan fingerprint density at radius 2 is 1.75 bits per heavy atom. The number of fused-ring (bicyclic) bond motifs is 1. The number of aromatic nitrogens is 2. The first-order valence-corrected chi connectivity index (χ1v) is 11.3. The third-order valence-electron chi connectivity index (χ3n) is 6.30. The largest absolute Gasteiger partial charge is 0.459 e. The molecular formula is C25H26N4O3. The minimum atomic E-state index is -0.315. The summed E-state index contributed by atoms with van der Waals surface area (Å²) in [4.78, 5) is 28.8. The number of esters is 1. The van der Waals surface area contributed by atoms with Gasteiger partial charge in [0, 0.05) is 55.4 Å². The number of rotatable bonds is 4. The molecule has 1 amide bonds. The maximum Gasteiger partial charge on any atom is 0.338 e. The van der Waals surface area contributed by atoms with Crippen LogP contribution in [0.3, 0.4) is 0 Å². The number of piperidine rings is 2. The molecule has 2 fully saturated rings. The normalized spacial score (nSPS) is 17.6. The summed E-state index contributed by atoms with van der Waals surface area (Å²) in [6, 6.07) is 15.3. The van der Waals surface area contributed by atoms with Crippen LogP contribution in [0.15, 0.2) is 54.7 Å². The van der Waals surface area contributed by atoms with Gasteiger partial charge in [0.25, 0.3) is 0 Å². The molecule has 2 saturated heterocycles. The minimum Gasteiger partial charge on any atom is -0.459 e. The molecule has 5 rings (SSSR count). The van der Waals surface area contributed by atoms with Crippen LogP contribution in [0.25, 0.3) is 10.8 Å². The highest BCUT2D eigenvalue weighted by atomic mass is 16.5. The van der Waals surface area contributed by atoms with Crippen LogP contribution in [-0.2, 0) is 9.53 Å². The molecule has 1 aromatic heterocycles. The lowest BCUT2D eigenvalue weighted by Gasteiger charge is -2.32. The van der Waals surface area contributed by atoms with Crippen molar-refractivity contribution in [3.63, 3.8) is 0 Å². The lowest BCUT2D eigenvalue weighted by atomic mass is 10.1. The Kier molecular flexibility index (Phi) is 5.71. The summed E-state index contributed by atoms with van der Waals surface area (Å²) in [5.41, 5.74) is 1.36. The van der Waals surface area contributed by atoms with Crippen molar-refractivity contribution >= 4 is 34.2 Å². The van der Waals surface area contributed by atoms with E-state index in [-0.39, 0.29) is 18.0 Å². The van der Waals surface area contributed by atoms with Gasteiger partial charge in [-0.3, -0.25) is 4.79 Å². The second-order valence-electron chi connectivity index (χ2n) is 8.40. The first-order valence-electron chi connectivity index (χ1n) is 11.3. The number of ether oxygens (including phenoxy) is 1. The number of anilines is 2. The molecule has 0 atom stereocenters. The third-order valence-corrected chi connectivity index (χ3v) is 6.30. The third kappa shape index (κ3) is 4.15. The van der Waals surface area contributed by atoms with Crippen LogP contribution in [-0.4, -0.2) is 47.8 Å². The second-order valence-corrected chi connectivity index (χ2v) is 8.40. The van der Waals surface area contributed by atoms with Gasteiger partial charge in [-0.25, -0.2) is 4.79 Å². The van der Waals surface area contributed by atoms with Gasteiger partial charge in [0.1, 0.15) is 6.10 Å². The monoisotopic (exact) mass is 430 g/mol. The Morgan fingerprint density at radius 3 is 2.53 bits per heavy atom. The molecule has 0 radical (unpaired) electrons. The van der Waals surface area contributed by atoms with Gasteiger partial charge in [0.05, 0.1) is 11.8 Å². The van der Waals surface area contributed by atoms with Crippen molar-refractivity contribution in [1.82, 2.24) is 10.2 Å². The van der Waals surface area contributed by atoms with E-state index in [1.807, 2.05) is 30.3 Å². The molecule has 3 heterocycles. The minimum absolute atomic E-state index is 0.120. The quantitative estimate of drug-likeness (QED) is 0.583. The Labute approximate surface area is 187 Å². The van der Waals surface area contributed by atoms with Crippen molar-refractivity contribution in [2.24, 2.45) is 0 Å². The lowest BCUT2D eigenvalue weighted by molar-refractivity contribution is -0.119. The second kappa shape index (κ2) is 8.94. The molecule has 0 spiro atoms. The predicted octanol–water partition coefficient (Wildman–Crippen LogP) is 3.97. The summed E-state index contributed by atoms with van der Waals surface area (Å²) in [5, 5.41) is 10.7. The molecule has 2 aliphatic rings. The number of hydrogen-bond donors (Lipinski definition) is 0.